The first-order valence-electron chi connectivity index (χ1n) is 35.0. The fourth-order valence-corrected chi connectivity index (χ4v) is 17.4. The van der Waals surface area contributed by atoms with E-state index in [-0.39, 0.29) is 71.8 Å². The van der Waals surface area contributed by atoms with Gasteiger partial charge in [-0.2, -0.15) is 0 Å². The number of nitrogens with one attached hydrogen (secondary N) is 8. The topological polar surface area (TPSA) is 388 Å². The lowest BCUT2D eigenvalue weighted by atomic mass is 9.66. The zero-order valence-electron chi connectivity index (χ0n) is 61.8. The molecule has 2 fully saturated rings. The normalized spacial score (nSPS) is 15.1. The largest absolute Gasteiger partial charge is 0.485 e. The molecule has 1 aliphatic carbocycles. The van der Waals surface area contributed by atoms with Crippen LogP contribution in [0.15, 0.2) is 305 Å². The van der Waals surface area contributed by atoms with Gasteiger partial charge in [0.25, 0.3) is 63.7 Å². The Kier molecular flexibility index (Phi) is 27.5. The molecule has 1 aliphatic heterocycles. The van der Waals surface area contributed by atoms with Crippen molar-refractivity contribution in [1.82, 2.24) is 19.9 Å². The monoisotopic (exact) mass is 1820 g/mol. The SMILES string of the molecule is CC1(C)[C@@]2(C(=O)Nc3ccc(S(=O)(=O)Nc4ccccc4Cl)cc3)CC[C@]1(C)C(=O)O2.O=C(Nc1ccc(S(=O)(=O)Nc2ccccc2Cl)cc1)c1ccccc1I.O=C(Nc1ccc(S(=O)(=O)Nc2ccccc2Cl)cc1)c1cnccn1.O=C(Nc1ccc(S(=O)(=O)Nc2ccccc2OCc2ccccn2)cc1)c1ccccn1. The lowest BCUT2D eigenvalue weighted by Crippen LogP contribution is -2.50. The number of anilines is 8. The Morgan fingerprint density at radius 1 is 0.419 bits per heavy atom. The van der Waals surface area contributed by atoms with Gasteiger partial charge in [-0.25, -0.2) is 38.7 Å². The van der Waals surface area contributed by atoms with Crippen LogP contribution >= 0.6 is 57.4 Å². The fourth-order valence-electron chi connectivity index (χ4n) is 11.8. The smallest absolute Gasteiger partial charge is 0.313 e. The van der Waals surface area contributed by atoms with Crippen molar-refractivity contribution in [3.63, 3.8) is 0 Å². The van der Waals surface area contributed by atoms with Gasteiger partial charge in [0.2, 0.25) is 0 Å². The van der Waals surface area contributed by atoms with Crippen LogP contribution in [0.1, 0.15) is 70.6 Å². The molecular weight excluding hydrogens is 1750 g/mol. The highest BCUT2D eigenvalue weighted by atomic mass is 127. The minimum atomic E-state index is -3.89. The molecule has 1 saturated heterocycles. The van der Waals surface area contributed by atoms with Crippen LogP contribution in [-0.2, 0) is 61.0 Å². The first kappa shape index (κ1) is 86.0. The molecule has 14 rings (SSSR count). The minimum Gasteiger partial charge on any atom is -0.485 e. The molecule has 1 saturated carbocycles. The lowest BCUT2D eigenvalue weighted by molar-refractivity contribution is -0.165. The fraction of sp³-hybridized carbons (Fsp3) is 0.110. The number of carbonyl (C=O) groups is 5. The van der Waals surface area contributed by atoms with Crippen molar-refractivity contribution < 1.29 is 67.1 Å². The van der Waals surface area contributed by atoms with Crippen LogP contribution in [0, 0.1) is 14.4 Å². The molecule has 0 spiro atoms. The van der Waals surface area contributed by atoms with E-state index in [1.54, 1.807) is 140 Å². The second-order valence-electron chi connectivity index (χ2n) is 26.3. The first-order chi connectivity index (χ1) is 55.8. The van der Waals surface area contributed by atoms with Gasteiger partial charge in [0, 0.05) is 56.5 Å². The van der Waals surface area contributed by atoms with Crippen molar-refractivity contribution in [2.24, 2.45) is 10.8 Å². The summed E-state index contributed by atoms with van der Waals surface area (Å²) in [5, 5.41) is 11.7. The van der Waals surface area contributed by atoms with E-state index in [9.17, 15) is 57.6 Å². The zero-order valence-corrected chi connectivity index (χ0v) is 69.5. The average Bonchev–Trinajstić information content (AvgIpc) is 1.52. The molecule has 9 aromatic carbocycles. The van der Waals surface area contributed by atoms with E-state index < -0.39 is 68.3 Å². The standard InChI is InChI=1S/C24H20N4O4S.C22H23ClN2O5S.C19H14ClIN2O3S.C17H13ClN4O3S/c29-24(22-9-4-6-16-26-22)27-18-11-13-20(14-12-18)33(30,31)28-21-8-1-2-10-23(21)32-17-19-7-3-5-15-25-19;1-20(2)21(3)12-13-22(20,30-19(21)27)18(26)24-14-8-10-15(11-9-14)31(28,29)25-17-7-5-4-6-16(17)23;20-16-6-2-4-8-18(16)23-27(25,26)14-11-9-13(10-12-14)22-19(24)15-5-1-3-7-17(15)21;18-14-3-1-2-4-15(14)22-26(24,25)13-7-5-12(6-8-13)21-17(23)16-11-19-9-10-20-16/h1-16,28H,17H2,(H,27,29);4-11,25H,12-13H2,1-3H3,(H,24,26);1-12,23H,(H,22,24);1-11,22H,(H,21,23)/t;21-,22+;;/m.1../s1. The molecule has 600 valence electrons. The summed E-state index contributed by atoms with van der Waals surface area (Å²) >= 11 is 20.1. The zero-order chi connectivity index (χ0) is 83.8. The van der Waals surface area contributed by atoms with Crippen LogP contribution in [-0.4, -0.2) is 88.8 Å². The van der Waals surface area contributed by atoms with Gasteiger partial charge in [-0.1, -0.05) is 121 Å². The summed E-state index contributed by atoms with van der Waals surface area (Å²) < 4.78 is 123. The molecule has 3 aromatic heterocycles. The molecule has 35 heteroatoms. The van der Waals surface area contributed by atoms with E-state index in [2.05, 4.69) is 82.7 Å². The number of amides is 4. The van der Waals surface area contributed by atoms with E-state index in [0.717, 1.165) is 9.26 Å². The number of aromatic nitrogens is 4. The average molecular weight is 1830 g/mol. The highest BCUT2D eigenvalue weighted by molar-refractivity contribution is 14.1. The Labute approximate surface area is 703 Å². The molecule has 0 unspecified atom stereocenters. The van der Waals surface area contributed by atoms with E-state index in [1.165, 1.54) is 122 Å². The highest BCUT2D eigenvalue weighted by Gasteiger charge is 2.75. The number of rotatable bonds is 23. The van der Waals surface area contributed by atoms with Crippen molar-refractivity contribution in [2.45, 2.75) is 65.4 Å². The van der Waals surface area contributed by atoms with E-state index >= 15 is 0 Å². The van der Waals surface area contributed by atoms with Crippen molar-refractivity contribution in [2.75, 3.05) is 40.2 Å². The second kappa shape index (κ2) is 37.4. The van der Waals surface area contributed by atoms with Gasteiger partial charge in [0.15, 0.2) is 5.60 Å². The summed E-state index contributed by atoms with van der Waals surface area (Å²) in [7, 11) is -15.3. The van der Waals surface area contributed by atoms with Crippen molar-refractivity contribution in [3.05, 3.63) is 327 Å². The maximum Gasteiger partial charge on any atom is 0.313 e. The molecule has 2 atom stereocenters. The van der Waals surface area contributed by atoms with Gasteiger partial charge in [-0.15, -0.1) is 0 Å². The molecule has 4 heterocycles. The number of fused-ring (bicyclic) bond motifs is 2. The Balaban J connectivity index is 0.000000154. The summed E-state index contributed by atoms with van der Waals surface area (Å²) in [6, 6.07) is 67.3. The number of esters is 1. The number of hydrogen-bond donors (Lipinski definition) is 8. The number of ether oxygens (including phenoxy) is 2. The van der Waals surface area contributed by atoms with E-state index in [1.807, 2.05) is 45.0 Å². The maximum absolute atomic E-state index is 13.1. The Bertz CT molecular complexity index is 6110. The molecule has 12 aromatic rings. The third kappa shape index (κ3) is 21.2. The number of benzene rings is 9. The van der Waals surface area contributed by atoms with Crippen LogP contribution in [0.25, 0.3) is 0 Å². The summed E-state index contributed by atoms with van der Waals surface area (Å²) in [6.45, 7) is 5.79. The number of para-hydroxylation sites is 5. The van der Waals surface area contributed by atoms with E-state index in [4.69, 9.17) is 44.3 Å². The predicted molar refractivity (Wildman–Crippen MR) is 456 cm³/mol. The molecule has 2 bridgehead atoms. The summed E-state index contributed by atoms with van der Waals surface area (Å²) in [5.74, 6) is -1.47. The number of hydrogen-bond acceptors (Lipinski definition) is 19. The van der Waals surface area contributed by atoms with Crippen LogP contribution in [0.3, 0.4) is 0 Å². The quantitative estimate of drug-likeness (QED) is 0.0218. The van der Waals surface area contributed by atoms with Gasteiger partial charge < -0.3 is 30.7 Å². The molecule has 27 nitrogen and oxygen atoms in total. The van der Waals surface area contributed by atoms with Crippen LogP contribution < -0.4 is 44.9 Å². The molecule has 117 heavy (non-hydrogen) atoms. The summed E-state index contributed by atoms with van der Waals surface area (Å²) in [4.78, 5) is 78.1. The first-order valence-corrected chi connectivity index (χ1v) is 43.2. The molecule has 0 radical (unpaired) electrons. The minimum absolute atomic E-state index is 0.0182. The summed E-state index contributed by atoms with van der Waals surface area (Å²) in [6.07, 6.45) is 8.42. The number of sulfonamides is 4. The van der Waals surface area contributed by atoms with Crippen LogP contribution in [0.2, 0.25) is 15.1 Å². The number of halogens is 4. The number of nitrogens with zero attached hydrogens (tertiary/aromatic N) is 4. The Morgan fingerprint density at radius 3 is 1.21 bits per heavy atom. The third-order valence-corrected chi connectivity index (χ3v) is 26.0. The molecular formula is C82H70Cl3IN12O15S4. The Morgan fingerprint density at radius 2 is 0.803 bits per heavy atom. The maximum atomic E-state index is 13.1. The van der Waals surface area contributed by atoms with Gasteiger partial charge in [-0.05, 0) is 224 Å². The van der Waals surface area contributed by atoms with Crippen LogP contribution in [0.5, 0.6) is 5.75 Å². The predicted octanol–water partition coefficient (Wildman–Crippen LogP) is 16.5. The van der Waals surface area contributed by atoms with Gasteiger partial charge in [-0.3, -0.25) is 57.8 Å². The Hall–Kier alpha value is -11.9. The van der Waals surface area contributed by atoms with Gasteiger partial charge in [0.05, 0.1) is 80.3 Å². The number of pyridine rings is 2. The lowest BCUT2D eigenvalue weighted by Gasteiger charge is -2.35. The van der Waals surface area contributed by atoms with Crippen molar-refractivity contribution >= 4 is 173 Å². The number of carbonyl (C=O) groups excluding carboxylic acids is 5. The molecule has 4 amide bonds. The third-order valence-electron chi connectivity index (χ3n) is 18.5. The highest BCUT2D eigenvalue weighted by Crippen LogP contribution is 2.65. The van der Waals surface area contributed by atoms with Crippen molar-refractivity contribution in [1.29, 1.82) is 0 Å². The van der Waals surface area contributed by atoms with Gasteiger partial charge >= 0.3 is 5.97 Å². The molecule has 2 aliphatic rings. The van der Waals surface area contributed by atoms with Gasteiger partial charge in [0.1, 0.15) is 23.7 Å². The van der Waals surface area contributed by atoms with E-state index in [0.29, 0.717) is 68.3 Å². The second-order valence-corrected chi connectivity index (χ2v) is 35.5. The summed E-state index contributed by atoms with van der Waals surface area (Å²) in [5.41, 5.74) is 2.03. The van der Waals surface area contributed by atoms with Crippen LogP contribution in [0.4, 0.5) is 45.5 Å². The molecule has 8 N–H and O–H groups in total. The van der Waals surface area contributed by atoms with Crippen molar-refractivity contribution in [3.8, 4) is 5.75 Å².